The van der Waals surface area contributed by atoms with Crippen LogP contribution >= 0.6 is 0 Å². The van der Waals surface area contributed by atoms with Crippen LogP contribution in [0.5, 0.6) is 0 Å². The maximum Gasteiger partial charge on any atom is 0.0239 e. The number of benzene rings is 1. The first kappa shape index (κ1) is 10.3. The summed E-state index contributed by atoms with van der Waals surface area (Å²) in [6.07, 6.45) is 5.70. The van der Waals surface area contributed by atoms with Crippen molar-refractivity contribution >= 4 is 0 Å². The molecule has 3 rings (SSSR count). The molecule has 2 bridgehead atoms. The van der Waals surface area contributed by atoms with Crippen molar-refractivity contribution < 1.29 is 0 Å². The molecule has 2 heterocycles. The molecule has 0 aromatic heterocycles. The van der Waals surface area contributed by atoms with Crippen LogP contribution in [0.25, 0.3) is 0 Å². The van der Waals surface area contributed by atoms with Gasteiger partial charge in [0, 0.05) is 18.6 Å². The van der Waals surface area contributed by atoms with E-state index in [1.807, 2.05) is 0 Å². The van der Waals surface area contributed by atoms with Crippen molar-refractivity contribution in [1.82, 2.24) is 4.90 Å². The minimum atomic E-state index is 0.869. The van der Waals surface area contributed by atoms with E-state index in [1.165, 1.54) is 37.8 Å². The quantitative estimate of drug-likeness (QED) is 0.730. The topological polar surface area (TPSA) is 3.24 Å². The van der Waals surface area contributed by atoms with Gasteiger partial charge in [0.1, 0.15) is 0 Å². The lowest BCUT2D eigenvalue weighted by atomic mass is 9.92. The van der Waals surface area contributed by atoms with Gasteiger partial charge in [0.2, 0.25) is 0 Å². The van der Waals surface area contributed by atoms with Crippen molar-refractivity contribution in [2.75, 3.05) is 0 Å². The smallest absolute Gasteiger partial charge is 0.0239 e. The Morgan fingerprint density at radius 2 is 1.69 bits per heavy atom. The zero-order chi connectivity index (χ0) is 11.0. The molecule has 0 amide bonds. The van der Waals surface area contributed by atoms with E-state index in [0.29, 0.717) is 0 Å². The van der Waals surface area contributed by atoms with Crippen LogP contribution in [-0.4, -0.2) is 17.0 Å². The van der Waals surface area contributed by atoms with Crippen LogP contribution in [0, 0.1) is 5.92 Å². The predicted molar refractivity (Wildman–Crippen MR) is 67.2 cm³/mol. The standard InChI is InChI=1S/C15H21N/c1-12-9-14-7-8-15(10-12)16(14)11-13-5-3-2-4-6-13/h2-6,12,14-15H,7-11H2,1H3. The summed E-state index contributed by atoms with van der Waals surface area (Å²) in [6, 6.07) is 12.7. The summed E-state index contributed by atoms with van der Waals surface area (Å²) in [6.45, 7) is 3.59. The SMILES string of the molecule is CC1CC2CCC(C1)N2Cc1ccccc1. The molecule has 1 heteroatoms. The Morgan fingerprint density at radius 1 is 1.06 bits per heavy atom. The number of piperidine rings is 1. The Bertz CT molecular complexity index is 332. The second kappa shape index (κ2) is 4.21. The van der Waals surface area contributed by atoms with E-state index in [0.717, 1.165) is 18.0 Å². The van der Waals surface area contributed by atoms with Gasteiger partial charge in [0.15, 0.2) is 0 Å². The highest BCUT2D eigenvalue weighted by atomic mass is 15.2. The van der Waals surface area contributed by atoms with Gasteiger partial charge in [-0.3, -0.25) is 4.90 Å². The van der Waals surface area contributed by atoms with E-state index in [4.69, 9.17) is 0 Å². The summed E-state index contributed by atoms with van der Waals surface area (Å²) in [7, 11) is 0. The second-order valence-electron chi connectivity index (χ2n) is 5.62. The van der Waals surface area contributed by atoms with Crippen LogP contribution in [0.3, 0.4) is 0 Å². The molecule has 86 valence electrons. The molecule has 1 aromatic rings. The van der Waals surface area contributed by atoms with Crippen molar-refractivity contribution in [2.24, 2.45) is 5.92 Å². The average Bonchev–Trinajstić information content (AvgIpc) is 2.54. The van der Waals surface area contributed by atoms with Crippen molar-refractivity contribution in [3.8, 4) is 0 Å². The average molecular weight is 215 g/mol. The van der Waals surface area contributed by atoms with Gasteiger partial charge < -0.3 is 0 Å². The molecule has 0 radical (unpaired) electrons. The van der Waals surface area contributed by atoms with Crippen molar-refractivity contribution in [3.05, 3.63) is 35.9 Å². The molecular weight excluding hydrogens is 194 g/mol. The summed E-state index contributed by atoms with van der Waals surface area (Å²) in [5.74, 6) is 0.949. The Balaban J connectivity index is 1.72. The molecule has 0 aliphatic carbocycles. The van der Waals surface area contributed by atoms with E-state index in [-0.39, 0.29) is 0 Å². The first-order chi connectivity index (χ1) is 7.83. The third-order valence-corrected chi connectivity index (χ3v) is 4.33. The molecule has 2 aliphatic rings. The van der Waals surface area contributed by atoms with Gasteiger partial charge in [0.25, 0.3) is 0 Å². The lowest BCUT2D eigenvalue weighted by Gasteiger charge is -2.37. The highest BCUT2D eigenvalue weighted by molar-refractivity contribution is 5.15. The second-order valence-corrected chi connectivity index (χ2v) is 5.62. The fraction of sp³-hybridized carbons (Fsp3) is 0.600. The van der Waals surface area contributed by atoms with Gasteiger partial charge in [-0.25, -0.2) is 0 Å². The third-order valence-electron chi connectivity index (χ3n) is 4.33. The molecule has 2 unspecified atom stereocenters. The fourth-order valence-corrected chi connectivity index (χ4v) is 3.60. The Labute approximate surface area is 98.5 Å². The van der Waals surface area contributed by atoms with E-state index >= 15 is 0 Å². The van der Waals surface area contributed by atoms with Crippen LogP contribution in [-0.2, 0) is 6.54 Å². The fourth-order valence-electron chi connectivity index (χ4n) is 3.60. The van der Waals surface area contributed by atoms with Crippen LogP contribution in [0.4, 0.5) is 0 Å². The molecule has 16 heavy (non-hydrogen) atoms. The van der Waals surface area contributed by atoms with Crippen molar-refractivity contribution in [1.29, 1.82) is 0 Å². The maximum atomic E-state index is 2.76. The Morgan fingerprint density at radius 3 is 2.31 bits per heavy atom. The third kappa shape index (κ3) is 1.89. The summed E-state index contributed by atoms with van der Waals surface area (Å²) < 4.78 is 0. The molecule has 2 aliphatic heterocycles. The van der Waals surface area contributed by atoms with E-state index in [1.54, 1.807) is 0 Å². The Kier molecular flexibility index (Phi) is 2.72. The molecule has 2 atom stereocenters. The van der Waals surface area contributed by atoms with Gasteiger partial charge in [-0.2, -0.15) is 0 Å². The first-order valence-electron chi connectivity index (χ1n) is 6.62. The largest absolute Gasteiger partial charge is 0.293 e. The van der Waals surface area contributed by atoms with Crippen molar-refractivity contribution in [3.63, 3.8) is 0 Å². The summed E-state index contributed by atoms with van der Waals surface area (Å²) >= 11 is 0. The number of hydrogen-bond donors (Lipinski definition) is 0. The minimum absolute atomic E-state index is 0.869. The molecule has 1 nitrogen and oxygen atoms in total. The van der Waals surface area contributed by atoms with Crippen molar-refractivity contribution in [2.45, 2.75) is 51.2 Å². The molecule has 0 spiro atoms. The number of hydrogen-bond acceptors (Lipinski definition) is 1. The Hall–Kier alpha value is -0.820. The van der Waals surface area contributed by atoms with E-state index in [2.05, 4.69) is 42.2 Å². The molecule has 2 saturated heterocycles. The zero-order valence-electron chi connectivity index (χ0n) is 10.1. The molecular formula is C15H21N. The monoisotopic (exact) mass is 215 g/mol. The first-order valence-corrected chi connectivity index (χ1v) is 6.62. The van der Waals surface area contributed by atoms with Gasteiger partial charge >= 0.3 is 0 Å². The summed E-state index contributed by atoms with van der Waals surface area (Å²) in [4.78, 5) is 2.76. The molecule has 0 saturated carbocycles. The van der Waals surface area contributed by atoms with Gasteiger partial charge in [0.05, 0.1) is 0 Å². The van der Waals surface area contributed by atoms with Gasteiger partial charge in [-0.05, 0) is 37.2 Å². The number of nitrogens with zero attached hydrogens (tertiary/aromatic N) is 1. The van der Waals surface area contributed by atoms with Crippen LogP contribution in [0.15, 0.2) is 30.3 Å². The highest BCUT2D eigenvalue weighted by Crippen LogP contribution is 2.39. The lowest BCUT2D eigenvalue weighted by Crippen LogP contribution is -2.41. The van der Waals surface area contributed by atoms with Crippen LogP contribution in [0.2, 0.25) is 0 Å². The van der Waals surface area contributed by atoms with Gasteiger partial charge in [-0.1, -0.05) is 37.3 Å². The maximum absolute atomic E-state index is 2.76. The summed E-state index contributed by atoms with van der Waals surface area (Å²) in [5.41, 5.74) is 1.48. The number of rotatable bonds is 2. The van der Waals surface area contributed by atoms with Gasteiger partial charge in [-0.15, -0.1) is 0 Å². The van der Waals surface area contributed by atoms with Crippen LogP contribution < -0.4 is 0 Å². The predicted octanol–water partition coefficient (Wildman–Crippen LogP) is 3.45. The number of fused-ring (bicyclic) bond motifs is 2. The minimum Gasteiger partial charge on any atom is -0.293 e. The molecule has 1 aromatic carbocycles. The normalized spacial score (nSPS) is 34.2. The lowest BCUT2D eigenvalue weighted by molar-refractivity contribution is 0.102. The molecule has 0 N–H and O–H groups in total. The van der Waals surface area contributed by atoms with E-state index in [9.17, 15) is 0 Å². The summed E-state index contributed by atoms with van der Waals surface area (Å²) in [5, 5.41) is 0. The van der Waals surface area contributed by atoms with Crippen LogP contribution in [0.1, 0.15) is 38.2 Å². The van der Waals surface area contributed by atoms with E-state index < -0.39 is 0 Å². The zero-order valence-corrected chi connectivity index (χ0v) is 10.1. The molecule has 2 fully saturated rings. The highest BCUT2D eigenvalue weighted by Gasteiger charge is 2.38.